The predicted molar refractivity (Wildman–Crippen MR) is 89.9 cm³/mol. The van der Waals surface area contributed by atoms with Crippen molar-refractivity contribution >= 4 is 16.5 Å². The van der Waals surface area contributed by atoms with Gasteiger partial charge in [0, 0.05) is 38.6 Å². The van der Waals surface area contributed by atoms with Crippen molar-refractivity contribution in [3.05, 3.63) is 35.4 Å². The number of hydrogen-bond acceptors (Lipinski definition) is 9. The lowest BCUT2D eigenvalue weighted by Gasteiger charge is -2.33. The minimum absolute atomic E-state index is 0.290. The van der Waals surface area contributed by atoms with Crippen LogP contribution in [0.2, 0.25) is 0 Å². The molecule has 1 saturated heterocycles. The Kier molecular flexibility index (Phi) is 4.74. The van der Waals surface area contributed by atoms with Gasteiger partial charge in [-0.3, -0.25) is 9.88 Å². The SMILES string of the molecule is FC(F)(F)c1nnc(N2CCN(Cc3nnc(-c4cccnc4)o3)CC2)s1. The standard InChI is InChI=1S/C15H14F3N7OS/c16-15(17,18)13-22-23-14(27-13)25-6-4-24(5-7-25)9-11-20-21-12(26-11)10-2-1-3-19-8-10/h1-3,8H,4-7,9H2. The first-order chi connectivity index (χ1) is 13.0. The van der Waals surface area contributed by atoms with Crippen molar-refractivity contribution in [2.75, 3.05) is 31.1 Å². The van der Waals surface area contributed by atoms with E-state index in [1.807, 2.05) is 6.07 Å². The Labute approximate surface area is 155 Å². The highest BCUT2D eigenvalue weighted by Gasteiger charge is 2.36. The van der Waals surface area contributed by atoms with Crippen LogP contribution in [0.1, 0.15) is 10.9 Å². The highest BCUT2D eigenvalue weighted by atomic mass is 32.1. The number of anilines is 1. The fraction of sp³-hybridized carbons (Fsp3) is 0.400. The van der Waals surface area contributed by atoms with Crippen molar-refractivity contribution < 1.29 is 17.6 Å². The van der Waals surface area contributed by atoms with Crippen molar-refractivity contribution in [1.82, 2.24) is 30.3 Å². The molecule has 12 heteroatoms. The Bertz CT molecular complexity index is 890. The first-order valence-corrected chi connectivity index (χ1v) is 8.91. The molecule has 0 radical (unpaired) electrons. The van der Waals surface area contributed by atoms with E-state index in [1.165, 1.54) is 0 Å². The number of piperazine rings is 1. The zero-order chi connectivity index (χ0) is 18.9. The van der Waals surface area contributed by atoms with Crippen LogP contribution in [0.5, 0.6) is 0 Å². The van der Waals surface area contributed by atoms with Crippen molar-refractivity contribution in [2.24, 2.45) is 0 Å². The average Bonchev–Trinajstić information content (AvgIpc) is 3.33. The Morgan fingerprint density at radius 2 is 1.89 bits per heavy atom. The minimum Gasteiger partial charge on any atom is -0.419 e. The van der Waals surface area contributed by atoms with Gasteiger partial charge in [0.15, 0.2) is 0 Å². The molecule has 0 atom stereocenters. The fourth-order valence-electron chi connectivity index (χ4n) is 2.67. The Morgan fingerprint density at radius 3 is 2.56 bits per heavy atom. The topological polar surface area (TPSA) is 84.1 Å². The highest BCUT2D eigenvalue weighted by molar-refractivity contribution is 7.15. The van der Waals surface area contributed by atoms with Crippen molar-refractivity contribution in [2.45, 2.75) is 12.7 Å². The molecule has 0 amide bonds. The van der Waals surface area contributed by atoms with Crippen LogP contribution in [0.25, 0.3) is 11.5 Å². The van der Waals surface area contributed by atoms with E-state index >= 15 is 0 Å². The van der Waals surface area contributed by atoms with Gasteiger partial charge in [-0.1, -0.05) is 11.3 Å². The molecule has 8 nitrogen and oxygen atoms in total. The number of halogens is 3. The Morgan fingerprint density at radius 1 is 1.07 bits per heavy atom. The van der Waals surface area contributed by atoms with Crippen LogP contribution in [0.4, 0.5) is 18.3 Å². The second-order valence-electron chi connectivity index (χ2n) is 5.89. The van der Waals surface area contributed by atoms with Gasteiger partial charge in [0.2, 0.25) is 21.9 Å². The summed E-state index contributed by atoms with van der Waals surface area (Å²) in [5.74, 6) is 0.892. The lowest BCUT2D eigenvalue weighted by atomic mass is 10.3. The van der Waals surface area contributed by atoms with Crippen LogP contribution in [0.3, 0.4) is 0 Å². The number of nitrogens with zero attached hydrogens (tertiary/aromatic N) is 7. The minimum atomic E-state index is -4.46. The van der Waals surface area contributed by atoms with Crippen LogP contribution >= 0.6 is 11.3 Å². The zero-order valence-electron chi connectivity index (χ0n) is 13.9. The zero-order valence-corrected chi connectivity index (χ0v) is 14.7. The smallest absolute Gasteiger partial charge is 0.419 e. The molecule has 0 N–H and O–H groups in total. The third-order valence-electron chi connectivity index (χ3n) is 4.03. The maximum Gasteiger partial charge on any atom is 0.445 e. The largest absolute Gasteiger partial charge is 0.445 e. The van der Waals surface area contributed by atoms with E-state index in [1.54, 1.807) is 23.4 Å². The molecule has 0 bridgehead atoms. The van der Waals surface area contributed by atoms with Gasteiger partial charge in [0.1, 0.15) is 0 Å². The summed E-state index contributed by atoms with van der Waals surface area (Å²) in [5, 5.41) is 14.3. The van der Waals surface area contributed by atoms with Gasteiger partial charge in [-0.2, -0.15) is 13.2 Å². The molecule has 0 unspecified atom stereocenters. The second-order valence-corrected chi connectivity index (χ2v) is 6.85. The molecule has 4 rings (SSSR count). The molecule has 3 aromatic rings. The molecule has 0 aliphatic carbocycles. The third-order valence-corrected chi connectivity index (χ3v) is 5.06. The van der Waals surface area contributed by atoms with Crippen LogP contribution in [0.15, 0.2) is 28.9 Å². The van der Waals surface area contributed by atoms with Crippen molar-refractivity contribution in [3.63, 3.8) is 0 Å². The summed E-state index contributed by atoms with van der Waals surface area (Å²) < 4.78 is 43.6. The lowest BCUT2D eigenvalue weighted by Crippen LogP contribution is -2.46. The summed E-state index contributed by atoms with van der Waals surface area (Å²) in [5.41, 5.74) is 0.748. The van der Waals surface area contributed by atoms with E-state index in [0.717, 1.165) is 5.56 Å². The van der Waals surface area contributed by atoms with Gasteiger partial charge in [-0.25, -0.2) is 0 Å². The van der Waals surface area contributed by atoms with Crippen LogP contribution in [-0.2, 0) is 12.7 Å². The molecule has 0 spiro atoms. The van der Waals surface area contributed by atoms with Crippen LogP contribution < -0.4 is 4.90 Å². The van der Waals surface area contributed by atoms with Gasteiger partial charge in [-0.15, -0.1) is 20.4 Å². The van der Waals surface area contributed by atoms with E-state index in [9.17, 15) is 13.2 Å². The normalized spacial score (nSPS) is 16.0. The first kappa shape index (κ1) is 17.8. The Balaban J connectivity index is 1.34. The molecule has 1 aliphatic rings. The van der Waals surface area contributed by atoms with Gasteiger partial charge in [-0.05, 0) is 12.1 Å². The second kappa shape index (κ2) is 7.19. The quantitative estimate of drug-likeness (QED) is 0.663. The summed E-state index contributed by atoms with van der Waals surface area (Å²) in [6, 6.07) is 3.62. The molecule has 1 aliphatic heterocycles. The van der Waals surface area contributed by atoms with E-state index in [2.05, 4.69) is 30.3 Å². The number of hydrogen-bond donors (Lipinski definition) is 0. The molecule has 4 heterocycles. The number of pyridine rings is 1. The predicted octanol–water partition coefficient (Wildman–Crippen LogP) is 2.32. The maximum atomic E-state index is 12.7. The fourth-order valence-corrected chi connectivity index (χ4v) is 3.43. The summed E-state index contributed by atoms with van der Waals surface area (Å²) in [4.78, 5) is 7.92. The number of aromatic nitrogens is 5. The lowest BCUT2D eigenvalue weighted by molar-refractivity contribution is -0.138. The van der Waals surface area contributed by atoms with E-state index < -0.39 is 11.2 Å². The molecule has 0 saturated carbocycles. The summed E-state index contributed by atoms with van der Waals surface area (Å²) in [7, 11) is 0. The van der Waals surface area contributed by atoms with Crippen LogP contribution in [0, 0.1) is 0 Å². The molecule has 1 fully saturated rings. The molecular weight excluding hydrogens is 383 g/mol. The average molecular weight is 397 g/mol. The van der Waals surface area contributed by atoms with E-state index in [0.29, 0.717) is 61.0 Å². The van der Waals surface area contributed by atoms with E-state index in [-0.39, 0.29) is 0 Å². The summed E-state index contributed by atoms with van der Waals surface area (Å²) in [6.07, 6.45) is -1.15. The van der Waals surface area contributed by atoms with E-state index in [4.69, 9.17) is 4.42 Å². The molecular formula is C15H14F3N7OS. The highest BCUT2D eigenvalue weighted by Crippen LogP contribution is 2.34. The summed E-state index contributed by atoms with van der Waals surface area (Å²) in [6.45, 7) is 2.87. The Hall–Kier alpha value is -2.60. The molecule has 0 aromatic carbocycles. The molecule has 142 valence electrons. The van der Waals surface area contributed by atoms with Crippen molar-refractivity contribution in [3.8, 4) is 11.5 Å². The van der Waals surface area contributed by atoms with Gasteiger partial charge in [0.05, 0.1) is 12.1 Å². The number of rotatable bonds is 4. The van der Waals surface area contributed by atoms with Gasteiger partial charge >= 0.3 is 6.18 Å². The first-order valence-electron chi connectivity index (χ1n) is 8.10. The summed E-state index contributed by atoms with van der Waals surface area (Å²) >= 11 is 0.566. The third kappa shape index (κ3) is 4.06. The van der Waals surface area contributed by atoms with Crippen LogP contribution in [-0.4, -0.2) is 56.5 Å². The van der Waals surface area contributed by atoms with Crippen molar-refractivity contribution in [1.29, 1.82) is 0 Å². The molecule has 3 aromatic heterocycles. The monoisotopic (exact) mass is 397 g/mol. The van der Waals surface area contributed by atoms with Gasteiger partial charge in [0.25, 0.3) is 0 Å². The van der Waals surface area contributed by atoms with Gasteiger partial charge < -0.3 is 9.32 Å². The molecule has 27 heavy (non-hydrogen) atoms. The maximum absolute atomic E-state index is 12.7. The number of alkyl halides is 3.